The van der Waals surface area contributed by atoms with Crippen molar-refractivity contribution in [1.82, 2.24) is 13.9 Å². The number of fused-ring (bicyclic) bond motifs is 2. The van der Waals surface area contributed by atoms with Crippen LogP contribution in [0.1, 0.15) is 50.6 Å². The fourth-order valence-corrected chi connectivity index (χ4v) is 6.39. The third-order valence-corrected chi connectivity index (χ3v) is 8.72. The number of imidazole rings is 1. The molecular formula is C26H34N4O3S. The number of aryl methyl sites for hydroxylation is 4. The van der Waals surface area contributed by atoms with E-state index in [-0.39, 0.29) is 10.8 Å². The second kappa shape index (κ2) is 9.88. The Bertz CT molecular complexity index is 1310. The fourth-order valence-electron chi connectivity index (χ4n) is 4.91. The number of hydrogen-bond donors (Lipinski definition) is 0. The summed E-state index contributed by atoms with van der Waals surface area (Å²) in [5, 5.41) is 0. The SMILES string of the molecule is CCN(CC)S(=O)(=O)c1ccc2c(c1)nc(CCC(=O)N1CCCc3cc(C)ccc31)n2CC. The Labute approximate surface area is 202 Å². The molecule has 0 N–H and O–H groups in total. The Balaban J connectivity index is 1.58. The van der Waals surface area contributed by atoms with Crippen LogP contribution < -0.4 is 4.90 Å². The van der Waals surface area contributed by atoms with E-state index >= 15 is 0 Å². The molecule has 8 heteroatoms. The fraction of sp³-hybridized carbons (Fsp3) is 0.462. The van der Waals surface area contributed by atoms with Gasteiger partial charge < -0.3 is 9.47 Å². The van der Waals surface area contributed by atoms with Gasteiger partial charge in [-0.05, 0) is 56.5 Å². The summed E-state index contributed by atoms with van der Waals surface area (Å²) in [6.45, 7) is 10.1. The van der Waals surface area contributed by atoms with Crippen molar-refractivity contribution >= 4 is 32.7 Å². The molecule has 7 nitrogen and oxygen atoms in total. The van der Waals surface area contributed by atoms with Crippen LogP contribution in [-0.4, -0.2) is 47.8 Å². The number of rotatable bonds is 8. The highest BCUT2D eigenvalue weighted by Crippen LogP contribution is 2.29. The lowest BCUT2D eigenvalue weighted by molar-refractivity contribution is -0.118. The number of anilines is 1. The van der Waals surface area contributed by atoms with Crippen LogP contribution in [0.25, 0.3) is 11.0 Å². The largest absolute Gasteiger partial charge is 0.328 e. The summed E-state index contributed by atoms with van der Waals surface area (Å²) in [5.41, 5.74) is 5.02. The van der Waals surface area contributed by atoms with Gasteiger partial charge in [0.2, 0.25) is 15.9 Å². The first-order valence-electron chi connectivity index (χ1n) is 12.2. The maximum Gasteiger partial charge on any atom is 0.243 e. The molecule has 182 valence electrons. The number of hydrogen-bond acceptors (Lipinski definition) is 4. The van der Waals surface area contributed by atoms with Gasteiger partial charge in [0.1, 0.15) is 5.82 Å². The first-order valence-corrected chi connectivity index (χ1v) is 13.6. The number of amides is 1. The van der Waals surface area contributed by atoms with Crippen LogP contribution in [0.2, 0.25) is 0 Å². The number of benzene rings is 2. The molecule has 2 heterocycles. The van der Waals surface area contributed by atoms with Crippen molar-refractivity contribution in [2.45, 2.75) is 64.8 Å². The van der Waals surface area contributed by atoms with E-state index in [9.17, 15) is 13.2 Å². The van der Waals surface area contributed by atoms with E-state index < -0.39 is 10.0 Å². The molecule has 0 unspecified atom stereocenters. The topological polar surface area (TPSA) is 75.5 Å². The number of aromatic nitrogens is 2. The van der Waals surface area contributed by atoms with Crippen molar-refractivity contribution in [1.29, 1.82) is 0 Å². The third-order valence-electron chi connectivity index (χ3n) is 6.68. The maximum absolute atomic E-state index is 13.2. The van der Waals surface area contributed by atoms with E-state index in [2.05, 4.69) is 29.7 Å². The van der Waals surface area contributed by atoms with Gasteiger partial charge in [-0.3, -0.25) is 4.79 Å². The third kappa shape index (κ3) is 4.49. The van der Waals surface area contributed by atoms with Crippen molar-refractivity contribution < 1.29 is 13.2 Å². The lowest BCUT2D eigenvalue weighted by Crippen LogP contribution is -2.35. The van der Waals surface area contributed by atoms with Crippen LogP contribution in [0.4, 0.5) is 5.69 Å². The lowest BCUT2D eigenvalue weighted by atomic mass is 9.99. The van der Waals surface area contributed by atoms with Crippen molar-refractivity contribution in [2.24, 2.45) is 0 Å². The lowest BCUT2D eigenvalue weighted by Gasteiger charge is -2.30. The first-order chi connectivity index (χ1) is 16.3. The Morgan fingerprint density at radius 1 is 1.09 bits per heavy atom. The minimum absolute atomic E-state index is 0.101. The van der Waals surface area contributed by atoms with Gasteiger partial charge in [-0.1, -0.05) is 31.5 Å². The minimum atomic E-state index is -3.55. The minimum Gasteiger partial charge on any atom is -0.328 e. The Hall–Kier alpha value is -2.71. The Morgan fingerprint density at radius 3 is 2.56 bits per heavy atom. The zero-order valence-corrected chi connectivity index (χ0v) is 21.4. The average Bonchev–Trinajstić information content (AvgIpc) is 3.19. The smallest absolute Gasteiger partial charge is 0.243 e. The van der Waals surface area contributed by atoms with Crippen molar-refractivity contribution in [3.05, 3.63) is 53.3 Å². The van der Waals surface area contributed by atoms with Gasteiger partial charge in [0.05, 0.1) is 15.9 Å². The second-order valence-corrected chi connectivity index (χ2v) is 10.7. The maximum atomic E-state index is 13.2. The molecule has 0 spiro atoms. The van der Waals surface area contributed by atoms with Crippen LogP contribution in [0, 0.1) is 6.92 Å². The number of carbonyl (C=O) groups is 1. The summed E-state index contributed by atoms with van der Waals surface area (Å²) in [6.07, 6.45) is 2.85. The molecule has 0 fully saturated rings. The quantitative estimate of drug-likeness (QED) is 0.480. The molecular weight excluding hydrogens is 448 g/mol. The summed E-state index contributed by atoms with van der Waals surface area (Å²) < 4.78 is 29.4. The van der Waals surface area contributed by atoms with Crippen molar-refractivity contribution in [3.8, 4) is 0 Å². The zero-order chi connectivity index (χ0) is 24.5. The van der Waals surface area contributed by atoms with E-state index in [1.165, 1.54) is 15.4 Å². The van der Waals surface area contributed by atoms with Crippen LogP contribution in [0.15, 0.2) is 41.3 Å². The molecule has 0 saturated carbocycles. The molecule has 34 heavy (non-hydrogen) atoms. The molecule has 0 aliphatic carbocycles. The van der Waals surface area contributed by atoms with Gasteiger partial charge in [-0.2, -0.15) is 4.31 Å². The van der Waals surface area contributed by atoms with E-state index in [1.807, 2.05) is 31.7 Å². The molecule has 1 aliphatic heterocycles. The number of carbonyl (C=O) groups excluding carboxylic acids is 1. The van der Waals surface area contributed by atoms with Crippen LogP contribution >= 0.6 is 0 Å². The van der Waals surface area contributed by atoms with Crippen molar-refractivity contribution in [3.63, 3.8) is 0 Å². The molecule has 0 atom stereocenters. The van der Waals surface area contributed by atoms with E-state index in [1.54, 1.807) is 12.1 Å². The van der Waals surface area contributed by atoms with Crippen molar-refractivity contribution in [2.75, 3.05) is 24.5 Å². The molecule has 1 aliphatic rings. The summed E-state index contributed by atoms with van der Waals surface area (Å²) in [7, 11) is -3.55. The molecule has 2 aromatic carbocycles. The highest BCUT2D eigenvalue weighted by molar-refractivity contribution is 7.89. The van der Waals surface area contributed by atoms with Gasteiger partial charge in [0.25, 0.3) is 0 Å². The van der Waals surface area contributed by atoms with E-state index in [0.717, 1.165) is 36.4 Å². The number of sulfonamides is 1. The number of nitrogens with zero attached hydrogens (tertiary/aromatic N) is 4. The average molecular weight is 483 g/mol. The molecule has 0 radical (unpaired) electrons. The summed E-state index contributed by atoms with van der Waals surface area (Å²) in [6, 6.07) is 11.4. The Kier molecular flexibility index (Phi) is 7.09. The molecule has 1 amide bonds. The van der Waals surface area contributed by atoms with Gasteiger partial charge in [0.15, 0.2) is 0 Å². The summed E-state index contributed by atoms with van der Waals surface area (Å²) in [5.74, 6) is 0.911. The predicted octanol–water partition coefficient (Wildman–Crippen LogP) is 4.31. The van der Waals surface area contributed by atoms with Gasteiger partial charge >= 0.3 is 0 Å². The van der Waals surface area contributed by atoms with Gasteiger partial charge in [-0.25, -0.2) is 13.4 Å². The molecule has 0 saturated heterocycles. The Morgan fingerprint density at radius 2 is 1.85 bits per heavy atom. The highest BCUT2D eigenvalue weighted by Gasteiger charge is 2.25. The standard InChI is InChI=1S/C26H34N4O3S/c1-5-28(6-2)34(32,33)21-11-13-24-22(18-21)27-25(29(24)7-3)14-15-26(31)30-16-8-9-20-17-19(4)10-12-23(20)30/h10-13,17-18H,5-9,14-16H2,1-4H3. The predicted molar refractivity (Wildman–Crippen MR) is 136 cm³/mol. The van der Waals surface area contributed by atoms with Gasteiger partial charge in [0, 0.05) is 44.7 Å². The second-order valence-electron chi connectivity index (χ2n) is 8.79. The molecule has 3 aromatic rings. The van der Waals surface area contributed by atoms with E-state index in [4.69, 9.17) is 4.98 Å². The highest BCUT2D eigenvalue weighted by atomic mass is 32.2. The monoisotopic (exact) mass is 482 g/mol. The van der Waals surface area contributed by atoms with Crippen LogP contribution in [-0.2, 0) is 34.2 Å². The summed E-state index contributed by atoms with van der Waals surface area (Å²) >= 11 is 0. The van der Waals surface area contributed by atoms with Gasteiger partial charge in [-0.15, -0.1) is 0 Å². The first kappa shape index (κ1) is 24.4. The van der Waals surface area contributed by atoms with Crippen LogP contribution in [0.3, 0.4) is 0 Å². The summed E-state index contributed by atoms with van der Waals surface area (Å²) in [4.78, 5) is 20.1. The van der Waals surface area contributed by atoms with E-state index in [0.29, 0.717) is 38.0 Å². The molecule has 4 rings (SSSR count). The normalized spacial score (nSPS) is 14.1. The zero-order valence-electron chi connectivity index (χ0n) is 20.5. The molecule has 1 aromatic heterocycles. The molecule has 0 bridgehead atoms. The van der Waals surface area contributed by atoms with Crippen LogP contribution in [0.5, 0.6) is 0 Å².